The summed E-state index contributed by atoms with van der Waals surface area (Å²) in [5, 5.41) is 47.5. The van der Waals surface area contributed by atoms with Gasteiger partial charge in [0.2, 0.25) is 41.4 Å². The molecule has 1 aromatic carbocycles. The molecule has 1 aromatic rings. The number of hydrogen-bond donors (Lipinski definition) is 12. The third-order valence-corrected chi connectivity index (χ3v) is 9.57. The summed E-state index contributed by atoms with van der Waals surface area (Å²) in [6, 6.07) is -1.97. The van der Waals surface area contributed by atoms with E-state index in [0.29, 0.717) is 31.4 Å². The van der Waals surface area contributed by atoms with E-state index in [0.717, 1.165) is 0 Å². The first-order valence-corrected chi connectivity index (χ1v) is 19.8. The minimum Gasteiger partial charge on any atom is -0.508 e. The summed E-state index contributed by atoms with van der Waals surface area (Å²) < 4.78 is 0. The summed E-state index contributed by atoms with van der Waals surface area (Å²) in [7, 11) is 0. The molecular weight excluding hydrogens is 770 g/mol. The fraction of sp³-hybridized carbons (Fsp3) is 0.641. The fourth-order valence-electron chi connectivity index (χ4n) is 5.77. The minimum absolute atomic E-state index is 0.0653. The summed E-state index contributed by atoms with van der Waals surface area (Å²) >= 11 is 0. The molecule has 0 bridgehead atoms. The van der Waals surface area contributed by atoms with Crippen molar-refractivity contribution < 1.29 is 53.7 Å². The van der Waals surface area contributed by atoms with Crippen LogP contribution in [0.3, 0.4) is 0 Å². The van der Waals surface area contributed by atoms with E-state index >= 15 is 0 Å². The van der Waals surface area contributed by atoms with E-state index < -0.39 is 108 Å². The number of rotatable bonds is 26. The minimum atomic E-state index is -1.64. The van der Waals surface area contributed by atoms with Gasteiger partial charge in [-0.1, -0.05) is 60.1 Å². The van der Waals surface area contributed by atoms with E-state index in [1.54, 1.807) is 41.5 Å². The molecule has 0 aliphatic rings. The SMILES string of the molecule is CC[C@H](C)[C@H](NC(=O)[C@H](CCCCN)NC(=O)CNC(=O)[C@H](Cc1ccc(O)cc1)NC(=O)[C@@H](NC(=O)[C@@H](NC(=O)[C@@H](NC(=O)CN)C(C)C)C(C)C)[C@@H](C)O)C(=O)O. The number of carboxylic acids is 1. The molecule has 0 saturated heterocycles. The fourth-order valence-corrected chi connectivity index (χ4v) is 5.77. The number of carboxylic acid groups (broad SMARTS) is 1. The number of nitrogens with two attached hydrogens (primary N) is 2. The summed E-state index contributed by atoms with van der Waals surface area (Å²) in [6.45, 7) is 10.6. The van der Waals surface area contributed by atoms with Crippen LogP contribution in [0.25, 0.3) is 0 Å². The number of aromatic hydroxyl groups is 1. The van der Waals surface area contributed by atoms with Crippen molar-refractivity contribution in [3.8, 4) is 5.75 Å². The number of hydrogen-bond acceptors (Lipinski definition) is 12. The molecule has 332 valence electrons. The van der Waals surface area contributed by atoms with Crippen LogP contribution in [-0.2, 0) is 44.8 Å². The third-order valence-electron chi connectivity index (χ3n) is 9.57. The standard InChI is InChI=1S/C39H65N9O11/c1-8-22(6)32(39(58)59)47-35(54)26(11-9-10-16-40)43-29(52)19-42-34(53)27(17-24-12-14-25(50)15-13-24)44-38(57)33(23(7)49)48-37(56)31(21(4)5)46-36(55)30(20(2)3)45-28(51)18-41/h12-15,20-23,26-27,30-33,49-50H,8-11,16-19,40-41H2,1-7H3,(H,42,53)(H,43,52)(H,44,57)(H,45,51)(H,46,55)(H,47,54)(H,48,56)(H,58,59)/t22-,23+,26-,27-,30-,31-,32-,33-/m0/s1. The normalized spacial score (nSPS) is 15.3. The molecule has 20 heteroatoms. The molecule has 0 saturated carbocycles. The first-order valence-electron chi connectivity index (χ1n) is 19.8. The maximum Gasteiger partial charge on any atom is 0.326 e. The Hall–Kier alpha value is -5.34. The maximum atomic E-state index is 13.7. The highest BCUT2D eigenvalue weighted by Crippen LogP contribution is 2.13. The Morgan fingerprint density at radius 2 is 1.15 bits per heavy atom. The summed E-state index contributed by atoms with van der Waals surface area (Å²) in [4.78, 5) is 104. The van der Waals surface area contributed by atoms with Crippen molar-refractivity contribution in [1.82, 2.24) is 37.2 Å². The van der Waals surface area contributed by atoms with Crippen molar-refractivity contribution in [2.24, 2.45) is 29.2 Å². The average Bonchev–Trinajstić information content (AvgIpc) is 3.17. The van der Waals surface area contributed by atoms with Gasteiger partial charge in [0.05, 0.1) is 19.2 Å². The molecule has 0 radical (unpaired) electrons. The summed E-state index contributed by atoms with van der Waals surface area (Å²) in [6.07, 6.45) is -0.136. The summed E-state index contributed by atoms with van der Waals surface area (Å²) in [5.41, 5.74) is 11.5. The Kier molecular flexibility index (Phi) is 22.7. The van der Waals surface area contributed by atoms with Crippen molar-refractivity contribution in [1.29, 1.82) is 0 Å². The molecule has 59 heavy (non-hydrogen) atoms. The van der Waals surface area contributed by atoms with E-state index in [1.165, 1.54) is 31.2 Å². The zero-order valence-corrected chi connectivity index (χ0v) is 35.0. The van der Waals surface area contributed by atoms with Crippen LogP contribution in [0.4, 0.5) is 0 Å². The highest BCUT2D eigenvalue weighted by Gasteiger charge is 2.35. The molecule has 14 N–H and O–H groups in total. The lowest BCUT2D eigenvalue weighted by molar-refractivity contribution is -0.143. The number of nitrogens with one attached hydrogen (secondary N) is 7. The average molecular weight is 836 g/mol. The summed E-state index contributed by atoms with van der Waals surface area (Å²) in [5.74, 6) is -8.11. The van der Waals surface area contributed by atoms with Crippen LogP contribution in [0.15, 0.2) is 24.3 Å². The zero-order valence-electron chi connectivity index (χ0n) is 35.0. The predicted octanol–water partition coefficient (Wildman–Crippen LogP) is -2.13. The van der Waals surface area contributed by atoms with Crippen molar-refractivity contribution in [2.75, 3.05) is 19.6 Å². The highest BCUT2D eigenvalue weighted by molar-refractivity contribution is 5.97. The first kappa shape index (κ1) is 51.7. The Morgan fingerprint density at radius 3 is 1.64 bits per heavy atom. The van der Waals surface area contributed by atoms with Gasteiger partial charge in [-0.15, -0.1) is 0 Å². The molecular formula is C39H65N9O11. The van der Waals surface area contributed by atoms with Crippen molar-refractivity contribution >= 4 is 47.3 Å². The number of unbranched alkanes of at least 4 members (excludes halogenated alkanes) is 1. The Balaban J connectivity index is 3.26. The smallest absolute Gasteiger partial charge is 0.326 e. The number of aliphatic hydroxyl groups is 1. The third kappa shape index (κ3) is 18.0. The Labute approximate surface area is 345 Å². The number of aliphatic hydroxyl groups excluding tert-OH is 1. The van der Waals surface area contributed by atoms with Gasteiger partial charge >= 0.3 is 5.97 Å². The monoisotopic (exact) mass is 835 g/mol. The lowest BCUT2D eigenvalue weighted by Gasteiger charge is -2.29. The van der Waals surface area contributed by atoms with Crippen LogP contribution in [0.1, 0.15) is 79.7 Å². The van der Waals surface area contributed by atoms with Gasteiger partial charge < -0.3 is 64.0 Å². The number of carbonyl (C=O) groups is 8. The Bertz CT molecular complexity index is 1570. The van der Waals surface area contributed by atoms with Gasteiger partial charge in [0.15, 0.2) is 0 Å². The van der Waals surface area contributed by atoms with Crippen LogP contribution in [0.2, 0.25) is 0 Å². The Morgan fingerprint density at radius 1 is 0.627 bits per heavy atom. The number of phenols is 1. The van der Waals surface area contributed by atoms with Crippen molar-refractivity contribution in [3.63, 3.8) is 0 Å². The van der Waals surface area contributed by atoms with Gasteiger partial charge in [-0.2, -0.15) is 0 Å². The van der Waals surface area contributed by atoms with Crippen molar-refractivity contribution in [2.45, 2.75) is 123 Å². The second-order valence-corrected chi connectivity index (χ2v) is 15.2. The number of benzene rings is 1. The zero-order chi connectivity index (χ0) is 45.0. The number of carbonyl (C=O) groups excluding carboxylic acids is 7. The maximum absolute atomic E-state index is 13.7. The molecule has 0 unspecified atom stereocenters. The van der Waals surface area contributed by atoms with Crippen LogP contribution >= 0.6 is 0 Å². The lowest BCUT2D eigenvalue weighted by Crippen LogP contribution is -2.62. The van der Waals surface area contributed by atoms with Crippen LogP contribution in [0, 0.1) is 17.8 Å². The van der Waals surface area contributed by atoms with Gasteiger partial charge in [0, 0.05) is 6.42 Å². The van der Waals surface area contributed by atoms with E-state index in [2.05, 4.69) is 37.2 Å². The molecule has 0 aliphatic heterocycles. The lowest BCUT2D eigenvalue weighted by atomic mass is 9.98. The van der Waals surface area contributed by atoms with E-state index in [1.807, 2.05) is 0 Å². The second-order valence-electron chi connectivity index (χ2n) is 15.2. The largest absolute Gasteiger partial charge is 0.508 e. The van der Waals surface area contributed by atoms with Gasteiger partial charge in [-0.25, -0.2) is 4.79 Å². The van der Waals surface area contributed by atoms with Crippen LogP contribution in [0.5, 0.6) is 5.75 Å². The molecule has 20 nitrogen and oxygen atoms in total. The van der Waals surface area contributed by atoms with Gasteiger partial charge in [-0.3, -0.25) is 33.6 Å². The second kappa shape index (κ2) is 25.9. The highest BCUT2D eigenvalue weighted by atomic mass is 16.4. The quantitative estimate of drug-likeness (QED) is 0.0445. The van der Waals surface area contributed by atoms with E-state index in [4.69, 9.17) is 11.5 Å². The van der Waals surface area contributed by atoms with E-state index in [9.17, 15) is 53.7 Å². The van der Waals surface area contributed by atoms with Gasteiger partial charge in [0.1, 0.15) is 42.0 Å². The predicted molar refractivity (Wildman–Crippen MR) is 217 cm³/mol. The first-order chi connectivity index (χ1) is 27.7. The molecule has 0 fully saturated rings. The van der Waals surface area contributed by atoms with Gasteiger partial charge in [0.25, 0.3) is 0 Å². The number of aliphatic carboxylic acids is 1. The molecule has 0 spiro atoms. The molecule has 0 aliphatic carbocycles. The number of phenolic OH excluding ortho intramolecular Hbond substituents is 1. The molecule has 0 aromatic heterocycles. The molecule has 8 atom stereocenters. The molecule has 7 amide bonds. The van der Waals surface area contributed by atoms with Crippen LogP contribution in [-0.4, -0.2) is 125 Å². The van der Waals surface area contributed by atoms with Crippen LogP contribution < -0.4 is 48.7 Å². The van der Waals surface area contributed by atoms with Crippen molar-refractivity contribution in [3.05, 3.63) is 29.8 Å². The molecule has 1 rings (SSSR count). The topological polar surface area (TPSA) is 334 Å². The number of amides is 7. The van der Waals surface area contributed by atoms with Gasteiger partial charge in [-0.05, 0) is 68.2 Å². The van der Waals surface area contributed by atoms with E-state index in [-0.39, 0.29) is 31.1 Å². The molecule has 0 heterocycles.